The van der Waals surface area contributed by atoms with E-state index in [1.165, 1.54) is 5.56 Å². The molecule has 0 radical (unpaired) electrons. The molecule has 0 N–H and O–H groups in total. The summed E-state index contributed by atoms with van der Waals surface area (Å²) in [5.74, 6) is 0.209. The van der Waals surface area contributed by atoms with Crippen molar-refractivity contribution in [2.75, 3.05) is 11.4 Å². The minimum absolute atomic E-state index is 0.209. The molecular weight excluding hydrogens is 372 g/mol. The Labute approximate surface area is 126 Å². The van der Waals surface area contributed by atoms with Crippen LogP contribution >= 0.6 is 28.4 Å². The van der Waals surface area contributed by atoms with E-state index in [1.54, 1.807) is 0 Å². The van der Waals surface area contributed by atoms with Crippen LogP contribution in [-0.4, -0.2) is 21.9 Å². The fraction of sp³-hybridized carbons (Fsp3) is 0.231. The summed E-state index contributed by atoms with van der Waals surface area (Å²) >= 11 is 2.25. The molecule has 0 amide bonds. The van der Waals surface area contributed by atoms with Gasteiger partial charge in [-0.05, 0) is 27.6 Å². The Morgan fingerprint density at radius 1 is 1.32 bits per heavy atom. The molecule has 3 rings (SSSR count). The van der Waals surface area contributed by atoms with Crippen LogP contribution in [0.1, 0.15) is 22.5 Å². The van der Waals surface area contributed by atoms with Crippen molar-refractivity contribution in [1.29, 1.82) is 0 Å². The van der Waals surface area contributed by atoms with Crippen molar-refractivity contribution in [1.82, 2.24) is 9.55 Å². The highest BCUT2D eigenvalue weighted by Crippen LogP contribution is 2.34. The quantitative estimate of drug-likeness (QED) is 0.602. The molecule has 0 saturated heterocycles. The molecule has 1 aliphatic heterocycles. The van der Waals surface area contributed by atoms with Crippen LogP contribution in [0, 0.1) is 0 Å². The predicted molar refractivity (Wildman–Crippen MR) is 86.4 cm³/mol. The molecule has 2 heterocycles. The minimum Gasteiger partial charge on any atom is -0.364 e. The second kappa shape index (κ2) is 5.59. The van der Waals surface area contributed by atoms with E-state index in [1.807, 2.05) is 28.8 Å². The number of ketones is 1. The summed E-state index contributed by atoms with van der Waals surface area (Å²) in [5.41, 5.74) is 3.01. The molecule has 0 bridgehead atoms. The number of Topliss-reactive ketones (excluding diaryl/α,β-unsaturated/α-hetero) is 1. The second-order valence-corrected chi connectivity index (χ2v) is 6.49. The lowest BCUT2D eigenvalue weighted by atomic mass is 10.1. The van der Waals surface area contributed by atoms with Gasteiger partial charge in [0, 0.05) is 19.5 Å². The third-order valence-electron chi connectivity index (χ3n) is 3.26. The van der Waals surface area contributed by atoms with Crippen LogP contribution in [0.15, 0.2) is 36.5 Å². The summed E-state index contributed by atoms with van der Waals surface area (Å²) in [4.78, 5) is 14.3. The average molecular weight is 385 g/mol. The van der Waals surface area contributed by atoms with E-state index < -0.39 is 0 Å². The molecule has 0 spiro atoms. The lowest BCUT2D eigenvalue weighted by molar-refractivity contribution is 0.0973. The van der Waals surface area contributed by atoms with Gasteiger partial charge >= 0.3 is 0 Å². The van der Waals surface area contributed by atoms with E-state index in [2.05, 4.69) is 44.2 Å². The normalized spacial score (nSPS) is 15.2. The maximum atomic E-state index is 12.0. The first-order valence-corrected chi connectivity index (χ1v) is 10.1. The zero-order valence-corrected chi connectivity index (χ0v) is 13.4. The average Bonchev–Trinajstić information content (AvgIpc) is 2.88. The molecule has 1 aromatic heterocycles. The number of benzene rings is 1. The third kappa shape index (κ3) is 2.54. The van der Waals surface area contributed by atoms with Gasteiger partial charge in [0.05, 0.1) is 18.3 Å². The second-order valence-electron chi connectivity index (χ2n) is 4.46. The van der Waals surface area contributed by atoms with Gasteiger partial charge in [-0.25, -0.2) is 4.45 Å². The van der Waals surface area contributed by atoms with Gasteiger partial charge in [0.15, 0.2) is 5.78 Å². The Bertz CT molecular complexity index is 599. The number of rotatable bonds is 3. The fourth-order valence-corrected chi connectivity index (χ4v) is 3.86. The lowest BCUT2D eigenvalue weighted by Gasteiger charge is -2.28. The molecule has 1 unspecified atom stereocenters. The summed E-state index contributed by atoms with van der Waals surface area (Å²) in [6.45, 7) is 1.61. The largest absolute Gasteiger partial charge is 0.364 e. The maximum absolute atomic E-state index is 12.0. The number of nitrogens with zero attached hydrogens (tertiary/aromatic N) is 3. The Morgan fingerprint density at radius 3 is 2.84 bits per heavy atom. The van der Waals surface area contributed by atoms with Gasteiger partial charge in [-0.1, -0.05) is 30.3 Å². The van der Waals surface area contributed by atoms with E-state index in [-0.39, 0.29) is 5.78 Å². The van der Waals surface area contributed by atoms with Gasteiger partial charge in [0.25, 0.3) is 0 Å². The number of fused-ring (bicyclic) bond motifs is 1. The van der Waals surface area contributed by atoms with Crippen molar-refractivity contribution in [2.45, 2.75) is 13.0 Å². The molecule has 2 aromatic rings. The molecule has 0 saturated carbocycles. The highest BCUT2D eigenvalue weighted by molar-refractivity contribution is 14.2. The highest BCUT2D eigenvalue weighted by Gasteiger charge is 2.27. The zero-order valence-electron chi connectivity index (χ0n) is 10.2. The van der Waals surface area contributed by atoms with Gasteiger partial charge in [-0.2, -0.15) is 5.10 Å². The SMILES string of the molecule is O=C1CCN(Cc2ccccc2)c2cnn(PI)c21. The summed E-state index contributed by atoms with van der Waals surface area (Å²) in [6, 6.07) is 10.3. The monoisotopic (exact) mass is 385 g/mol. The zero-order chi connectivity index (χ0) is 13.2. The molecule has 0 aliphatic carbocycles. The van der Waals surface area contributed by atoms with Crippen LogP contribution in [0.5, 0.6) is 0 Å². The van der Waals surface area contributed by atoms with Crippen LogP contribution in [0.25, 0.3) is 0 Å². The number of carbonyl (C=O) groups is 1. The number of anilines is 1. The van der Waals surface area contributed by atoms with Gasteiger partial charge in [-0.15, -0.1) is 0 Å². The number of halogens is 1. The Morgan fingerprint density at radius 2 is 2.11 bits per heavy atom. The topological polar surface area (TPSA) is 38.1 Å². The van der Waals surface area contributed by atoms with Crippen LogP contribution < -0.4 is 4.90 Å². The van der Waals surface area contributed by atoms with Crippen molar-refractivity contribution < 1.29 is 4.79 Å². The Hall–Kier alpha value is -0.940. The first-order chi connectivity index (χ1) is 9.29. The lowest BCUT2D eigenvalue weighted by Crippen LogP contribution is -2.31. The van der Waals surface area contributed by atoms with Gasteiger partial charge in [0.2, 0.25) is 0 Å². The van der Waals surface area contributed by atoms with Gasteiger partial charge < -0.3 is 4.90 Å². The molecule has 1 atom stereocenters. The number of aromatic nitrogens is 2. The first kappa shape index (κ1) is 13.1. The van der Waals surface area contributed by atoms with Crippen LogP contribution in [0.4, 0.5) is 5.69 Å². The summed E-state index contributed by atoms with van der Waals surface area (Å²) in [7, 11) is 0. The highest BCUT2D eigenvalue weighted by atomic mass is 127. The van der Waals surface area contributed by atoms with Crippen LogP contribution in [0.2, 0.25) is 0 Å². The summed E-state index contributed by atoms with van der Waals surface area (Å²) < 4.78 is 1.81. The van der Waals surface area contributed by atoms with Crippen molar-refractivity contribution >= 4 is 39.9 Å². The Balaban J connectivity index is 1.92. The fourth-order valence-electron chi connectivity index (χ4n) is 2.34. The first-order valence-electron chi connectivity index (χ1n) is 6.06. The molecule has 0 fully saturated rings. The smallest absolute Gasteiger partial charge is 0.185 e. The van der Waals surface area contributed by atoms with Crippen molar-refractivity contribution in [3.05, 3.63) is 47.8 Å². The minimum atomic E-state index is 0.209. The number of hydrogen-bond acceptors (Lipinski definition) is 3. The Kier molecular flexibility index (Phi) is 3.84. The van der Waals surface area contributed by atoms with E-state index >= 15 is 0 Å². The molecule has 19 heavy (non-hydrogen) atoms. The van der Waals surface area contributed by atoms with E-state index in [0.29, 0.717) is 12.8 Å². The summed E-state index contributed by atoms with van der Waals surface area (Å²) in [5, 5.41) is 4.32. The third-order valence-corrected chi connectivity index (χ3v) is 5.13. The van der Waals surface area contributed by atoms with Crippen molar-refractivity contribution in [2.24, 2.45) is 0 Å². The van der Waals surface area contributed by atoms with Gasteiger partial charge in [-0.3, -0.25) is 4.79 Å². The molecular formula is C13H13IN3OP. The van der Waals surface area contributed by atoms with E-state index in [0.717, 1.165) is 24.5 Å². The van der Waals surface area contributed by atoms with Crippen molar-refractivity contribution in [3.63, 3.8) is 0 Å². The predicted octanol–water partition coefficient (Wildman–Crippen LogP) is 3.27. The maximum Gasteiger partial charge on any atom is 0.185 e. The number of carbonyl (C=O) groups excluding carboxylic acids is 1. The van der Waals surface area contributed by atoms with Crippen LogP contribution in [-0.2, 0) is 6.54 Å². The molecule has 6 heteroatoms. The van der Waals surface area contributed by atoms with Gasteiger partial charge in [0.1, 0.15) is 5.69 Å². The van der Waals surface area contributed by atoms with E-state index in [4.69, 9.17) is 0 Å². The standard InChI is InChI=1S/C13H13IN3OP/c14-19-17-13-11(8-15-17)16(7-6-12(13)18)9-10-4-2-1-3-5-10/h1-5,8,19H,6-7,9H2. The van der Waals surface area contributed by atoms with E-state index in [9.17, 15) is 4.79 Å². The molecule has 1 aliphatic rings. The molecule has 1 aromatic carbocycles. The summed E-state index contributed by atoms with van der Waals surface area (Å²) in [6.07, 6.45) is 2.86. The molecule has 4 nitrogen and oxygen atoms in total. The van der Waals surface area contributed by atoms with Crippen molar-refractivity contribution in [3.8, 4) is 0 Å². The molecule has 98 valence electrons. The number of hydrogen-bond donors (Lipinski definition) is 0. The van der Waals surface area contributed by atoms with Crippen LogP contribution in [0.3, 0.4) is 0 Å².